The minimum absolute atomic E-state index is 0.509. The quantitative estimate of drug-likeness (QED) is 0.606. The van der Waals surface area contributed by atoms with Crippen LogP contribution in [0.3, 0.4) is 0 Å². The lowest BCUT2D eigenvalue weighted by Crippen LogP contribution is -2.51. The minimum atomic E-state index is 0.509. The van der Waals surface area contributed by atoms with Crippen molar-refractivity contribution in [1.82, 2.24) is 9.80 Å². The lowest BCUT2D eigenvalue weighted by Gasteiger charge is -2.35. The van der Waals surface area contributed by atoms with Crippen molar-refractivity contribution in [2.45, 2.75) is 44.6 Å². The Balaban J connectivity index is 1.45. The molecule has 0 spiro atoms. The van der Waals surface area contributed by atoms with Gasteiger partial charge in [0.2, 0.25) is 0 Å². The summed E-state index contributed by atoms with van der Waals surface area (Å²) < 4.78 is 0. The van der Waals surface area contributed by atoms with Crippen molar-refractivity contribution < 1.29 is 0 Å². The second-order valence-corrected chi connectivity index (χ2v) is 6.16. The first-order chi connectivity index (χ1) is 8.81. The first kappa shape index (κ1) is 12.3. The molecule has 3 rings (SSSR count). The maximum Gasteiger partial charge on any atom is 0.191 e. The molecule has 0 aromatic heterocycles. The van der Waals surface area contributed by atoms with Gasteiger partial charge in [0.25, 0.3) is 0 Å². The fraction of sp³-hybridized carbons (Fsp3) is 0.929. The van der Waals surface area contributed by atoms with Crippen LogP contribution < -0.4 is 5.73 Å². The van der Waals surface area contributed by atoms with E-state index in [1.807, 2.05) is 0 Å². The third kappa shape index (κ3) is 3.16. The Kier molecular flexibility index (Phi) is 3.73. The molecular weight excluding hydrogens is 224 g/mol. The van der Waals surface area contributed by atoms with Gasteiger partial charge in [0.05, 0.1) is 6.04 Å². The maximum atomic E-state index is 6.14. The normalized spacial score (nSPS) is 28.0. The van der Waals surface area contributed by atoms with Gasteiger partial charge in [-0.2, -0.15) is 0 Å². The van der Waals surface area contributed by atoms with Gasteiger partial charge in [0, 0.05) is 32.7 Å². The molecule has 0 unspecified atom stereocenters. The molecule has 2 N–H and O–H groups in total. The highest BCUT2D eigenvalue weighted by Crippen LogP contribution is 2.29. The van der Waals surface area contributed by atoms with E-state index in [2.05, 4.69) is 9.80 Å². The van der Waals surface area contributed by atoms with Crippen molar-refractivity contribution in [3.05, 3.63) is 0 Å². The Morgan fingerprint density at radius 2 is 1.67 bits per heavy atom. The zero-order valence-corrected chi connectivity index (χ0v) is 11.4. The van der Waals surface area contributed by atoms with Gasteiger partial charge in [-0.05, 0) is 31.6 Å². The number of nitrogens with zero attached hydrogens (tertiary/aromatic N) is 3. The highest BCUT2D eigenvalue weighted by atomic mass is 15.3. The Morgan fingerprint density at radius 3 is 2.28 bits per heavy atom. The third-order valence-electron chi connectivity index (χ3n) is 4.55. The third-order valence-corrected chi connectivity index (χ3v) is 4.55. The van der Waals surface area contributed by atoms with Crippen LogP contribution in [-0.2, 0) is 0 Å². The molecule has 0 aromatic rings. The van der Waals surface area contributed by atoms with E-state index in [1.165, 1.54) is 45.1 Å². The van der Waals surface area contributed by atoms with Crippen LogP contribution >= 0.6 is 0 Å². The number of piperazine rings is 1. The largest absolute Gasteiger partial charge is 0.370 e. The number of rotatable bonds is 3. The van der Waals surface area contributed by atoms with Crippen molar-refractivity contribution in [1.29, 1.82) is 0 Å². The average Bonchev–Trinajstić information content (AvgIpc) is 3.04. The summed E-state index contributed by atoms with van der Waals surface area (Å²) in [6.07, 6.45) is 8.04. The number of nitrogens with two attached hydrogens (primary N) is 1. The highest BCUT2D eigenvalue weighted by molar-refractivity contribution is 5.78. The van der Waals surface area contributed by atoms with Gasteiger partial charge < -0.3 is 10.6 Å². The predicted molar refractivity (Wildman–Crippen MR) is 74.6 cm³/mol. The summed E-state index contributed by atoms with van der Waals surface area (Å²) >= 11 is 0. The molecule has 2 aliphatic carbocycles. The molecule has 1 heterocycles. The molecular formula is C14H26N4. The summed E-state index contributed by atoms with van der Waals surface area (Å²) in [6, 6.07) is 0.509. The van der Waals surface area contributed by atoms with Gasteiger partial charge >= 0.3 is 0 Å². The number of hydrogen-bond acceptors (Lipinski definition) is 2. The van der Waals surface area contributed by atoms with E-state index < -0.39 is 0 Å². The molecule has 18 heavy (non-hydrogen) atoms. The monoisotopic (exact) mass is 250 g/mol. The second kappa shape index (κ2) is 5.47. The Labute approximate surface area is 110 Å². The molecule has 4 heteroatoms. The fourth-order valence-electron chi connectivity index (χ4n) is 3.13. The smallest absolute Gasteiger partial charge is 0.191 e. The summed E-state index contributed by atoms with van der Waals surface area (Å²) in [4.78, 5) is 9.57. The molecule has 1 aliphatic heterocycles. The van der Waals surface area contributed by atoms with Crippen molar-refractivity contribution in [3.8, 4) is 0 Å². The molecule has 102 valence electrons. The van der Waals surface area contributed by atoms with E-state index in [-0.39, 0.29) is 0 Å². The molecule has 3 fully saturated rings. The van der Waals surface area contributed by atoms with E-state index >= 15 is 0 Å². The van der Waals surface area contributed by atoms with E-state index in [0.717, 1.165) is 38.1 Å². The van der Waals surface area contributed by atoms with E-state index in [4.69, 9.17) is 10.7 Å². The van der Waals surface area contributed by atoms with Crippen molar-refractivity contribution in [2.75, 3.05) is 32.7 Å². The zero-order chi connectivity index (χ0) is 12.4. The fourth-order valence-corrected chi connectivity index (χ4v) is 3.13. The van der Waals surface area contributed by atoms with E-state index in [9.17, 15) is 0 Å². The van der Waals surface area contributed by atoms with Crippen LogP contribution in [0, 0.1) is 5.92 Å². The number of guanidine groups is 1. The molecule has 4 nitrogen and oxygen atoms in total. The Bertz CT molecular complexity index is 297. The van der Waals surface area contributed by atoms with Crippen molar-refractivity contribution in [3.63, 3.8) is 0 Å². The molecule has 0 aromatic carbocycles. The predicted octanol–water partition coefficient (Wildman–Crippen LogP) is 1.27. The standard InChI is InChI=1S/C14H26N4/c15-14(16-13-3-1-2-4-13)18-9-7-17(8-10-18)11-12-5-6-12/h12-13H,1-11H2,(H2,15,16). The second-order valence-electron chi connectivity index (χ2n) is 6.16. The number of hydrogen-bond donors (Lipinski definition) is 1. The van der Waals surface area contributed by atoms with Gasteiger partial charge in [0.15, 0.2) is 5.96 Å². The minimum Gasteiger partial charge on any atom is -0.370 e. The van der Waals surface area contributed by atoms with Crippen molar-refractivity contribution >= 4 is 5.96 Å². The zero-order valence-electron chi connectivity index (χ0n) is 11.4. The highest BCUT2D eigenvalue weighted by Gasteiger charge is 2.27. The van der Waals surface area contributed by atoms with Crippen LogP contribution in [0.2, 0.25) is 0 Å². The molecule has 0 atom stereocenters. The van der Waals surface area contributed by atoms with Gasteiger partial charge in [-0.1, -0.05) is 12.8 Å². The lowest BCUT2D eigenvalue weighted by molar-refractivity contribution is 0.175. The van der Waals surface area contributed by atoms with E-state index in [0.29, 0.717) is 6.04 Å². The Morgan fingerprint density at radius 1 is 1.00 bits per heavy atom. The SMILES string of the molecule is NC(=NC1CCCC1)N1CCN(CC2CC2)CC1. The molecule has 0 amide bonds. The van der Waals surface area contributed by atoms with Crippen LogP contribution in [0.1, 0.15) is 38.5 Å². The maximum absolute atomic E-state index is 6.14. The topological polar surface area (TPSA) is 44.9 Å². The van der Waals surface area contributed by atoms with Crippen LogP contribution in [0.5, 0.6) is 0 Å². The summed E-state index contributed by atoms with van der Waals surface area (Å²) in [7, 11) is 0. The average molecular weight is 250 g/mol. The first-order valence-electron chi connectivity index (χ1n) is 7.62. The van der Waals surface area contributed by atoms with E-state index in [1.54, 1.807) is 0 Å². The summed E-state index contributed by atoms with van der Waals surface area (Å²) in [5, 5.41) is 0. The summed E-state index contributed by atoms with van der Waals surface area (Å²) in [5.74, 6) is 1.80. The van der Waals surface area contributed by atoms with Crippen LogP contribution in [-0.4, -0.2) is 54.5 Å². The van der Waals surface area contributed by atoms with Gasteiger partial charge in [-0.15, -0.1) is 0 Å². The molecule has 2 saturated carbocycles. The number of aliphatic imine (C=N–C) groups is 1. The van der Waals surface area contributed by atoms with Gasteiger partial charge in [-0.25, -0.2) is 4.99 Å². The van der Waals surface area contributed by atoms with Crippen LogP contribution in [0.15, 0.2) is 4.99 Å². The lowest BCUT2D eigenvalue weighted by atomic mass is 10.2. The van der Waals surface area contributed by atoms with Gasteiger partial charge in [0.1, 0.15) is 0 Å². The Hall–Kier alpha value is -0.770. The van der Waals surface area contributed by atoms with Crippen LogP contribution in [0.25, 0.3) is 0 Å². The molecule has 0 radical (unpaired) electrons. The molecule has 3 aliphatic rings. The van der Waals surface area contributed by atoms with Gasteiger partial charge in [-0.3, -0.25) is 4.90 Å². The molecule has 0 bridgehead atoms. The summed E-state index contributed by atoms with van der Waals surface area (Å²) in [5.41, 5.74) is 6.14. The molecule has 1 saturated heterocycles. The van der Waals surface area contributed by atoms with Crippen molar-refractivity contribution in [2.24, 2.45) is 16.6 Å². The van der Waals surface area contributed by atoms with Crippen LogP contribution in [0.4, 0.5) is 0 Å². The first-order valence-corrected chi connectivity index (χ1v) is 7.62. The summed E-state index contributed by atoms with van der Waals surface area (Å²) in [6.45, 7) is 5.77.